The van der Waals surface area contributed by atoms with E-state index in [0.29, 0.717) is 0 Å². The van der Waals surface area contributed by atoms with E-state index < -0.39 is 0 Å². The average Bonchev–Trinajstić information content (AvgIpc) is 1.70. The molecule has 0 radical (unpaired) electrons. The molecule has 90 heavy (non-hydrogen) atoms. The molecule has 6 heteroatoms. The van der Waals surface area contributed by atoms with Crippen LogP contribution in [0.25, 0.3) is 0 Å². The minimum Gasteiger partial charge on any atom is -0.0757 e. The fraction of sp³-hybridized carbons (Fsp3) is 0.857. The Labute approximate surface area is 568 Å². The third-order valence-corrected chi connectivity index (χ3v) is 28.2. The van der Waals surface area contributed by atoms with Gasteiger partial charge in [0.25, 0.3) is 0 Å². The third-order valence-electron chi connectivity index (χ3n) is 28.2. The van der Waals surface area contributed by atoms with Crippen molar-refractivity contribution in [2.24, 2.45) is 94.7 Å². The summed E-state index contributed by atoms with van der Waals surface area (Å²) in [5, 5.41) is 0. The van der Waals surface area contributed by atoms with Crippen LogP contribution in [0.5, 0.6) is 0 Å². The van der Waals surface area contributed by atoms with Crippen LogP contribution in [0.15, 0.2) is 48.5 Å². The first-order valence-electron chi connectivity index (χ1n) is 41.0. The average molecular weight is 1220 g/mol. The summed E-state index contributed by atoms with van der Waals surface area (Å²) in [6.45, 7) is 43.1. The van der Waals surface area contributed by atoms with Crippen LogP contribution in [0, 0.1) is 109 Å². The summed E-state index contributed by atoms with van der Waals surface area (Å²) < 4.78 is 0. The summed E-state index contributed by atoms with van der Waals surface area (Å²) in [5.74, 6) is 26.8. The van der Waals surface area contributed by atoms with Crippen molar-refractivity contribution < 1.29 is 0 Å². The Kier molecular flexibility index (Phi) is 32.8. The molecule has 4 bridgehead atoms. The van der Waals surface area contributed by atoms with Crippen molar-refractivity contribution in [2.45, 2.75) is 363 Å². The Morgan fingerprint density at radius 1 is 0.311 bits per heavy atom. The molecule has 10 saturated carbocycles. The molecule has 0 saturated heterocycles. The smallest absolute Gasteiger partial charge is 0.0757 e. The monoisotopic (exact) mass is 1230 g/mol. The minimum absolute atomic E-state index is 0.844. The molecule has 21 unspecified atom stereocenters. The summed E-state index contributed by atoms with van der Waals surface area (Å²) in [4.78, 5) is 0. The quantitative estimate of drug-likeness (QED) is 0.165. The predicted molar refractivity (Wildman–Crippen MR) is 418 cm³/mol. The first kappa shape index (κ1) is 76.2. The lowest BCUT2D eigenvalue weighted by Gasteiger charge is -2.38. The van der Waals surface area contributed by atoms with Crippen LogP contribution in [0.4, 0.5) is 0 Å². The van der Waals surface area contributed by atoms with Crippen LogP contribution in [0.3, 0.4) is 0 Å². The van der Waals surface area contributed by atoms with Crippen LogP contribution in [0.2, 0.25) is 58.2 Å². The Morgan fingerprint density at radius 2 is 0.678 bits per heavy atom. The molecule has 0 aliphatic heterocycles. The highest BCUT2D eigenvalue weighted by atomic mass is 14.5. The van der Waals surface area contributed by atoms with E-state index >= 15 is 0 Å². The van der Waals surface area contributed by atoms with Gasteiger partial charge in [-0.3, -0.25) is 0 Å². The molecule has 504 valence electrons. The highest BCUT2D eigenvalue weighted by Gasteiger charge is 2.46. The molecule has 0 N–H and O–H groups in total. The number of hydrogen-bond acceptors (Lipinski definition) is 0. The largest absolute Gasteiger partial charge is 0.192 e. The van der Waals surface area contributed by atoms with Gasteiger partial charge in [-0.1, -0.05) is 399 Å². The van der Waals surface area contributed by atoms with Gasteiger partial charge in [0, 0.05) is 0 Å². The minimum atomic E-state index is 0.844. The first-order chi connectivity index (χ1) is 42.9. The third kappa shape index (κ3) is 25.7. The Hall–Kier alpha value is -1.17. The second kappa shape index (κ2) is 38.7. The maximum atomic E-state index is 2.51. The number of rotatable bonds is 14. The number of aryl methyl sites for hydroxylation is 2. The lowest BCUT2D eigenvalue weighted by atomic mass is 9.44. The fourth-order valence-corrected chi connectivity index (χ4v) is 22.3. The topological polar surface area (TPSA) is 0 Å². The molecular formula is C84H150B6. The molecule has 10 aliphatic carbocycles. The molecule has 10 fully saturated rings. The summed E-state index contributed by atoms with van der Waals surface area (Å²) in [5.41, 5.74) is 5.60. The summed E-state index contributed by atoms with van der Waals surface area (Å²) in [6, 6.07) is 17.2. The molecule has 2 aromatic carbocycles. The molecule has 0 heterocycles. The zero-order chi connectivity index (χ0) is 65.0. The molecule has 0 aromatic heterocycles. The SMILES string of the molecule is B(C1CC2CCC1C2)C1CC2CCC1C2.CC(C)C(C)BC(C)C(C)C.CC1CC(C)CC(BC2CC(C)CC(C)C2)C1.CC1CC(C)CC(BC2CC(C)CCC2C)C1.CC1CCCCC1BC1CCCCC1C.Cc1ccccc1Bc1ccccc1C. The zero-order valence-electron chi connectivity index (χ0n) is 63.7. The van der Waals surface area contributed by atoms with Gasteiger partial charge in [0.05, 0.1) is 0 Å². The lowest BCUT2D eigenvalue weighted by molar-refractivity contribution is 0.282. The maximum absolute atomic E-state index is 2.51. The van der Waals surface area contributed by atoms with E-state index in [1.54, 1.807) is 80.5 Å². The highest BCUT2D eigenvalue weighted by Crippen LogP contribution is 2.57. The van der Waals surface area contributed by atoms with Crippen LogP contribution in [0.1, 0.15) is 302 Å². The van der Waals surface area contributed by atoms with Crippen molar-refractivity contribution in [1.29, 1.82) is 0 Å². The highest BCUT2D eigenvalue weighted by molar-refractivity contribution is 6.68. The van der Waals surface area contributed by atoms with Gasteiger partial charge in [-0.15, -0.1) is 0 Å². The van der Waals surface area contributed by atoms with Crippen LogP contribution in [-0.4, -0.2) is 43.7 Å². The fourth-order valence-electron chi connectivity index (χ4n) is 22.3. The van der Waals surface area contributed by atoms with Crippen LogP contribution >= 0.6 is 0 Å². The Morgan fingerprint density at radius 3 is 1.03 bits per heavy atom. The van der Waals surface area contributed by atoms with Crippen molar-refractivity contribution in [3.63, 3.8) is 0 Å². The summed E-state index contributed by atoms with van der Waals surface area (Å²) >= 11 is 0. The standard InChI is InChI=1S/2C16H31B.C14H23B.C14H27B.C14H15B.C10H23B/c1-11-5-12(2)8-15(7-11)17-16-9-13(3)6-14(4)10-16;1-11-5-6-14(4)16(10-11)17-15-8-12(2)7-13(3)9-15;1-3-11-5-9(1)7-13(11)15-14-8-10-2-4-12(14)6-10;2*1-11-7-3-5-9-13(11)15-14-10-6-4-8-12(14)2;1-7(2)9(5)11-10(6)8(3)4/h2*11-17H,5-10H2,1-4H3;9-15H,1-8H2;11-15H,3-10H2,1-2H3;3-10,15H,1-2H3;7-11H,1-6H3. The maximum Gasteiger partial charge on any atom is 0.192 e. The molecule has 21 atom stereocenters. The number of fused-ring (bicyclic) bond motifs is 4. The van der Waals surface area contributed by atoms with Crippen molar-refractivity contribution in [3.8, 4) is 0 Å². The van der Waals surface area contributed by atoms with Gasteiger partial charge in [-0.25, -0.2) is 0 Å². The Balaban J connectivity index is 0.000000154. The van der Waals surface area contributed by atoms with Crippen molar-refractivity contribution in [3.05, 3.63) is 59.7 Å². The van der Waals surface area contributed by atoms with Gasteiger partial charge >= 0.3 is 0 Å². The lowest BCUT2D eigenvalue weighted by Crippen LogP contribution is -2.30. The van der Waals surface area contributed by atoms with E-state index in [1.165, 1.54) is 193 Å². The van der Waals surface area contributed by atoms with E-state index in [-0.39, 0.29) is 0 Å². The molecule has 10 aliphatic rings. The van der Waals surface area contributed by atoms with E-state index in [0.717, 1.165) is 125 Å². The molecular weight excluding hydrogens is 1070 g/mol. The zero-order valence-corrected chi connectivity index (χ0v) is 63.7. The normalized spacial score (nSPS) is 38.3. The Bertz CT molecular complexity index is 2100. The second-order valence-corrected chi connectivity index (χ2v) is 37.6. The van der Waals surface area contributed by atoms with Gasteiger partial charge in [0.15, 0.2) is 7.28 Å². The van der Waals surface area contributed by atoms with Gasteiger partial charge in [0.2, 0.25) is 0 Å². The number of hydrogen-bond donors (Lipinski definition) is 0. The van der Waals surface area contributed by atoms with Crippen LogP contribution < -0.4 is 10.9 Å². The summed E-state index contributed by atoms with van der Waals surface area (Å²) in [6.07, 6.45) is 42.9. The summed E-state index contributed by atoms with van der Waals surface area (Å²) in [7, 11) is 8.71. The van der Waals surface area contributed by atoms with Crippen LogP contribution in [-0.2, 0) is 0 Å². The van der Waals surface area contributed by atoms with E-state index in [4.69, 9.17) is 0 Å². The van der Waals surface area contributed by atoms with Gasteiger partial charge in [-0.2, -0.15) is 0 Å². The van der Waals surface area contributed by atoms with Gasteiger partial charge < -0.3 is 0 Å². The van der Waals surface area contributed by atoms with E-state index in [9.17, 15) is 0 Å². The van der Waals surface area contributed by atoms with Crippen molar-refractivity contribution in [2.75, 3.05) is 0 Å². The molecule has 0 spiro atoms. The van der Waals surface area contributed by atoms with E-state index in [2.05, 4.69) is 173 Å². The predicted octanol–water partition coefficient (Wildman–Crippen LogP) is 22.9. The van der Waals surface area contributed by atoms with Gasteiger partial charge in [0.1, 0.15) is 36.4 Å². The first-order valence-corrected chi connectivity index (χ1v) is 41.0. The van der Waals surface area contributed by atoms with E-state index in [1.807, 2.05) is 0 Å². The molecule has 12 rings (SSSR count). The number of benzene rings is 2. The van der Waals surface area contributed by atoms with Crippen molar-refractivity contribution >= 4 is 54.6 Å². The molecule has 0 amide bonds. The van der Waals surface area contributed by atoms with Gasteiger partial charge in [-0.05, 0) is 129 Å². The molecule has 2 aromatic rings. The molecule has 0 nitrogen and oxygen atoms in total. The van der Waals surface area contributed by atoms with Crippen molar-refractivity contribution in [1.82, 2.24) is 0 Å². The second-order valence-electron chi connectivity index (χ2n) is 37.6.